The van der Waals surface area contributed by atoms with Gasteiger partial charge in [-0.1, -0.05) is 76.0 Å². The van der Waals surface area contributed by atoms with Gasteiger partial charge in [0.05, 0.1) is 11.5 Å². The Morgan fingerprint density at radius 2 is 1.67 bits per heavy atom. The summed E-state index contributed by atoms with van der Waals surface area (Å²) in [7, 11) is 0. The van der Waals surface area contributed by atoms with Crippen molar-refractivity contribution >= 4 is 21.9 Å². The van der Waals surface area contributed by atoms with Crippen molar-refractivity contribution in [2.75, 3.05) is 11.9 Å². The molecule has 8 atom stereocenters. The second-order valence-corrected chi connectivity index (χ2v) is 16.4. The second kappa shape index (κ2) is 8.57. The predicted octanol–water partition coefficient (Wildman–Crippen LogP) is 8.09. The summed E-state index contributed by atoms with van der Waals surface area (Å²) in [6.07, 6.45) is 13.3. The summed E-state index contributed by atoms with van der Waals surface area (Å²) in [6, 6.07) is 0. The minimum atomic E-state index is -0.343. The highest BCUT2D eigenvalue weighted by atomic mass is 79.9. The standard InChI is InChI=1S/C32H51BrO3/c1-27(2)14-16-32(26(35)36-19-18-33)17-15-30(6)21(22(32)20-27)8-9-24-29(5)12-11-25(34)28(3,4)23(29)10-13-31(24,30)7/h8,22-25,34H,9-20H2,1-7H3/t22-,23?,24?,25-,29-,30+,31+,32-/m0/s1. The van der Waals surface area contributed by atoms with Gasteiger partial charge in [-0.15, -0.1) is 0 Å². The average molecular weight is 564 g/mol. The molecule has 4 saturated carbocycles. The SMILES string of the molecule is CC1(C)CC[C@]2(C(=O)OCCBr)CC[C@]3(C)C(=CCC4[C@@]5(C)CC[C@H](O)C(C)(C)C5CC[C@]43C)[C@@H]2C1. The van der Waals surface area contributed by atoms with Crippen molar-refractivity contribution in [1.29, 1.82) is 0 Å². The number of ether oxygens (including phenoxy) is 1. The van der Waals surface area contributed by atoms with Gasteiger partial charge in [0, 0.05) is 5.33 Å². The number of aliphatic hydroxyl groups is 1. The van der Waals surface area contributed by atoms with Gasteiger partial charge in [0.1, 0.15) is 6.61 Å². The first-order chi connectivity index (χ1) is 16.7. The van der Waals surface area contributed by atoms with E-state index in [2.05, 4.69) is 70.5 Å². The smallest absolute Gasteiger partial charge is 0.312 e. The van der Waals surface area contributed by atoms with Gasteiger partial charge in [0.25, 0.3) is 0 Å². The van der Waals surface area contributed by atoms with Crippen LogP contribution in [0.4, 0.5) is 0 Å². The molecular weight excluding hydrogens is 512 g/mol. The monoisotopic (exact) mass is 562 g/mol. The van der Waals surface area contributed by atoms with Crippen molar-refractivity contribution in [3.63, 3.8) is 0 Å². The molecule has 4 heteroatoms. The Morgan fingerprint density at radius 1 is 0.972 bits per heavy atom. The molecule has 0 aliphatic heterocycles. The Kier molecular flexibility index (Phi) is 6.48. The van der Waals surface area contributed by atoms with E-state index in [0.29, 0.717) is 29.7 Å². The van der Waals surface area contributed by atoms with Crippen molar-refractivity contribution in [2.45, 2.75) is 119 Å². The molecule has 5 aliphatic rings. The fourth-order valence-corrected chi connectivity index (χ4v) is 11.0. The minimum absolute atomic E-state index is 0.0203. The maximum atomic E-state index is 13.7. The summed E-state index contributed by atoms with van der Waals surface area (Å²) < 4.78 is 5.89. The van der Waals surface area contributed by atoms with E-state index in [0.717, 1.165) is 51.4 Å². The number of alkyl halides is 1. The summed E-state index contributed by atoms with van der Waals surface area (Å²) >= 11 is 3.46. The van der Waals surface area contributed by atoms with Crippen LogP contribution >= 0.6 is 15.9 Å². The van der Waals surface area contributed by atoms with Crippen molar-refractivity contribution in [3.05, 3.63) is 11.6 Å². The van der Waals surface area contributed by atoms with Gasteiger partial charge in [-0.3, -0.25) is 4.79 Å². The lowest BCUT2D eigenvalue weighted by molar-refractivity contribution is -0.206. The van der Waals surface area contributed by atoms with E-state index in [1.54, 1.807) is 5.57 Å². The third-order valence-corrected chi connectivity index (χ3v) is 13.7. The number of fused-ring (bicyclic) bond motifs is 7. The summed E-state index contributed by atoms with van der Waals surface area (Å²) in [5, 5.41) is 11.7. The zero-order valence-corrected chi connectivity index (χ0v) is 25.6. The Labute approximate surface area is 228 Å². The Bertz CT molecular complexity index is 938. The van der Waals surface area contributed by atoms with Gasteiger partial charge in [-0.2, -0.15) is 0 Å². The Hall–Kier alpha value is -0.350. The number of halogens is 1. The van der Waals surface area contributed by atoms with Crippen LogP contribution in [0, 0.1) is 50.2 Å². The van der Waals surface area contributed by atoms with Crippen LogP contribution in [0.2, 0.25) is 0 Å². The molecule has 5 rings (SSSR count). The molecule has 4 fully saturated rings. The van der Waals surface area contributed by atoms with E-state index in [-0.39, 0.29) is 44.6 Å². The second-order valence-electron chi connectivity index (χ2n) is 15.6. The Balaban J connectivity index is 1.57. The predicted molar refractivity (Wildman–Crippen MR) is 150 cm³/mol. The largest absolute Gasteiger partial charge is 0.464 e. The molecule has 0 aromatic heterocycles. The molecule has 0 saturated heterocycles. The normalized spacial score (nSPS) is 49.0. The lowest BCUT2D eigenvalue weighted by atomic mass is 9.33. The number of aliphatic hydroxyl groups excluding tert-OH is 1. The number of carbonyl (C=O) groups is 1. The number of esters is 1. The first kappa shape index (κ1) is 27.2. The quantitative estimate of drug-likeness (QED) is 0.215. The molecule has 0 aromatic rings. The van der Waals surface area contributed by atoms with E-state index in [9.17, 15) is 9.90 Å². The van der Waals surface area contributed by atoms with Crippen LogP contribution in [0.5, 0.6) is 0 Å². The third-order valence-electron chi connectivity index (χ3n) is 13.3. The van der Waals surface area contributed by atoms with Crippen LogP contribution in [0.1, 0.15) is 113 Å². The molecule has 5 aliphatic carbocycles. The van der Waals surface area contributed by atoms with Crippen LogP contribution in [0.25, 0.3) is 0 Å². The fraction of sp³-hybridized carbons (Fsp3) is 0.906. The fourth-order valence-electron chi connectivity index (χ4n) is 10.9. The topological polar surface area (TPSA) is 46.5 Å². The highest BCUT2D eigenvalue weighted by molar-refractivity contribution is 9.09. The summed E-state index contributed by atoms with van der Waals surface area (Å²) in [5.74, 6) is 1.57. The van der Waals surface area contributed by atoms with Gasteiger partial charge < -0.3 is 9.84 Å². The molecule has 204 valence electrons. The zero-order chi connectivity index (χ0) is 26.4. The van der Waals surface area contributed by atoms with Gasteiger partial charge in [0.2, 0.25) is 0 Å². The zero-order valence-electron chi connectivity index (χ0n) is 24.0. The highest BCUT2D eigenvalue weighted by Gasteiger charge is 2.69. The first-order valence-electron chi connectivity index (χ1n) is 14.8. The summed E-state index contributed by atoms with van der Waals surface area (Å²) in [4.78, 5) is 13.7. The van der Waals surface area contributed by atoms with Crippen LogP contribution in [-0.2, 0) is 9.53 Å². The Morgan fingerprint density at radius 3 is 2.36 bits per heavy atom. The number of hydrogen-bond donors (Lipinski definition) is 1. The van der Waals surface area contributed by atoms with E-state index < -0.39 is 0 Å². The van der Waals surface area contributed by atoms with Crippen LogP contribution in [0.3, 0.4) is 0 Å². The minimum Gasteiger partial charge on any atom is -0.464 e. The molecule has 2 unspecified atom stereocenters. The molecule has 0 spiro atoms. The summed E-state index contributed by atoms with van der Waals surface area (Å²) in [6.45, 7) is 17.7. The maximum absolute atomic E-state index is 13.7. The van der Waals surface area contributed by atoms with Crippen LogP contribution in [0.15, 0.2) is 11.6 Å². The molecule has 1 N–H and O–H groups in total. The van der Waals surface area contributed by atoms with Crippen LogP contribution in [-0.4, -0.2) is 29.1 Å². The van der Waals surface area contributed by atoms with E-state index >= 15 is 0 Å². The van der Waals surface area contributed by atoms with Crippen molar-refractivity contribution in [1.82, 2.24) is 0 Å². The van der Waals surface area contributed by atoms with Crippen molar-refractivity contribution in [2.24, 2.45) is 50.2 Å². The van der Waals surface area contributed by atoms with Gasteiger partial charge in [0.15, 0.2) is 0 Å². The lowest BCUT2D eigenvalue weighted by Crippen LogP contribution is -2.65. The van der Waals surface area contributed by atoms with Gasteiger partial charge in [-0.05, 0) is 109 Å². The third kappa shape index (κ3) is 3.54. The molecule has 0 aromatic carbocycles. The molecule has 0 amide bonds. The maximum Gasteiger partial charge on any atom is 0.312 e. The van der Waals surface area contributed by atoms with Gasteiger partial charge >= 0.3 is 5.97 Å². The number of allylic oxidation sites excluding steroid dienone is 2. The molecule has 36 heavy (non-hydrogen) atoms. The average Bonchev–Trinajstić information content (AvgIpc) is 2.80. The van der Waals surface area contributed by atoms with E-state index in [1.807, 2.05) is 0 Å². The number of rotatable bonds is 3. The molecule has 0 heterocycles. The van der Waals surface area contributed by atoms with Crippen molar-refractivity contribution in [3.8, 4) is 0 Å². The highest BCUT2D eigenvalue weighted by Crippen LogP contribution is 2.75. The van der Waals surface area contributed by atoms with Crippen LogP contribution < -0.4 is 0 Å². The van der Waals surface area contributed by atoms with E-state index in [4.69, 9.17) is 4.74 Å². The number of hydrogen-bond acceptors (Lipinski definition) is 3. The molecule has 3 nitrogen and oxygen atoms in total. The first-order valence-corrected chi connectivity index (χ1v) is 15.9. The molecular formula is C32H51BrO3. The van der Waals surface area contributed by atoms with Gasteiger partial charge in [-0.25, -0.2) is 0 Å². The molecule has 0 bridgehead atoms. The van der Waals surface area contributed by atoms with E-state index in [1.165, 1.54) is 12.8 Å². The number of carbonyl (C=O) groups excluding carboxylic acids is 1. The summed E-state index contributed by atoms with van der Waals surface area (Å²) in [5.41, 5.74) is 2.12. The molecule has 0 radical (unpaired) electrons. The lowest BCUT2D eigenvalue weighted by Gasteiger charge is -2.71. The van der Waals surface area contributed by atoms with Crippen molar-refractivity contribution < 1.29 is 14.6 Å².